The first-order valence-electron chi connectivity index (χ1n) is 6.65. The van der Waals surface area contributed by atoms with Gasteiger partial charge in [0.05, 0.1) is 18.7 Å². The third-order valence-electron chi connectivity index (χ3n) is 3.42. The lowest BCUT2D eigenvalue weighted by Gasteiger charge is -2.17. The normalized spacial score (nSPS) is 14.6. The Bertz CT molecular complexity index is 496. The number of hydrogen-bond acceptors (Lipinski definition) is 3. The first kappa shape index (κ1) is 13.6. The Morgan fingerprint density at radius 3 is 2.95 bits per heavy atom. The largest absolute Gasteiger partial charge is 0.491 e. The molecule has 0 bridgehead atoms. The second-order valence-corrected chi connectivity index (χ2v) is 4.75. The van der Waals surface area contributed by atoms with Gasteiger partial charge in [-0.25, -0.2) is 0 Å². The highest BCUT2D eigenvalue weighted by Gasteiger charge is 2.20. The van der Waals surface area contributed by atoms with Gasteiger partial charge in [-0.05, 0) is 24.1 Å². The Kier molecular flexibility index (Phi) is 4.20. The minimum atomic E-state index is 0.0561. The topological polar surface area (TPSA) is 46.6 Å². The van der Waals surface area contributed by atoms with Gasteiger partial charge in [0.1, 0.15) is 11.5 Å². The van der Waals surface area contributed by atoms with Gasteiger partial charge in [-0.3, -0.25) is 9.59 Å². The van der Waals surface area contributed by atoms with Gasteiger partial charge in [0, 0.05) is 19.9 Å². The molecular formula is C15H19NO3. The molecule has 2 rings (SSSR count). The van der Waals surface area contributed by atoms with Gasteiger partial charge in [0.25, 0.3) is 0 Å². The maximum absolute atomic E-state index is 11.8. The van der Waals surface area contributed by atoms with Crippen LogP contribution in [0.1, 0.15) is 31.7 Å². The van der Waals surface area contributed by atoms with Crippen molar-refractivity contribution in [2.75, 3.05) is 18.6 Å². The summed E-state index contributed by atoms with van der Waals surface area (Å²) in [5.74, 6) is 1.05. The molecule has 0 saturated heterocycles. The van der Waals surface area contributed by atoms with Gasteiger partial charge < -0.3 is 9.64 Å². The molecule has 1 aromatic carbocycles. The maximum Gasteiger partial charge on any atom is 0.230 e. The summed E-state index contributed by atoms with van der Waals surface area (Å²) in [5, 5.41) is 0. The zero-order chi connectivity index (χ0) is 13.8. The van der Waals surface area contributed by atoms with Crippen molar-refractivity contribution in [3.05, 3.63) is 23.8 Å². The molecule has 1 heterocycles. The highest BCUT2D eigenvalue weighted by atomic mass is 16.5. The molecule has 4 nitrogen and oxygen atoms in total. The number of carbonyl (C=O) groups is 2. The minimum absolute atomic E-state index is 0.0561. The molecule has 0 aromatic heterocycles. The van der Waals surface area contributed by atoms with E-state index in [1.807, 2.05) is 25.1 Å². The van der Waals surface area contributed by atoms with Crippen molar-refractivity contribution in [3.63, 3.8) is 0 Å². The number of fused-ring (bicyclic) bond motifs is 1. The quantitative estimate of drug-likeness (QED) is 0.835. The third-order valence-corrected chi connectivity index (χ3v) is 3.42. The first-order chi connectivity index (χ1) is 9.11. The van der Waals surface area contributed by atoms with Crippen LogP contribution in [0.3, 0.4) is 0 Å². The first-order valence-corrected chi connectivity index (χ1v) is 6.65. The number of Topliss-reactive ketones (excluding diaryl/α,β-unsaturated/α-hetero) is 1. The minimum Gasteiger partial charge on any atom is -0.491 e. The Hall–Kier alpha value is -1.84. The average molecular weight is 261 g/mol. The fraction of sp³-hybridized carbons (Fsp3) is 0.467. The van der Waals surface area contributed by atoms with Crippen LogP contribution in [0, 0.1) is 0 Å². The molecule has 0 atom stereocenters. The van der Waals surface area contributed by atoms with Crippen molar-refractivity contribution in [3.8, 4) is 5.75 Å². The van der Waals surface area contributed by atoms with E-state index in [1.54, 1.807) is 11.9 Å². The van der Waals surface area contributed by atoms with Crippen LogP contribution in [0.2, 0.25) is 0 Å². The van der Waals surface area contributed by atoms with E-state index in [9.17, 15) is 9.59 Å². The van der Waals surface area contributed by atoms with E-state index in [0.29, 0.717) is 32.3 Å². The van der Waals surface area contributed by atoms with Crippen LogP contribution in [0.5, 0.6) is 5.75 Å². The molecule has 1 aliphatic rings. The van der Waals surface area contributed by atoms with Crippen LogP contribution < -0.4 is 9.64 Å². The summed E-state index contributed by atoms with van der Waals surface area (Å²) in [7, 11) is 1.76. The van der Waals surface area contributed by atoms with E-state index in [-0.39, 0.29) is 11.7 Å². The molecule has 0 aliphatic carbocycles. The van der Waals surface area contributed by atoms with E-state index in [2.05, 4.69) is 0 Å². The number of anilines is 1. The molecule has 1 aliphatic heterocycles. The lowest BCUT2D eigenvalue weighted by atomic mass is 10.1. The van der Waals surface area contributed by atoms with Crippen LogP contribution >= 0.6 is 0 Å². The van der Waals surface area contributed by atoms with Crippen molar-refractivity contribution in [1.29, 1.82) is 0 Å². The molecule has 0 unspecified atom stereocenters. The number of ketones is 1. The Morgan fingerprint density at radius 1 is 1.42 bits per heavy atom. The average Bonchev–Trinajstić information content (AvgIpc) is 2.57. The number of rotatable bonds is 4. The van der Waals surface area contributed by atoms with Crippen molar-refractivity contribution < 1.29 is 14.3 Å². The molecule has 0 N–H and O–H groups in total. The summed E-state index contributed by atoms with van der Waals surface area (Å²) < 4.78 is 5.56. The fourth-order valence-electron chi connectivity index (χ4n) is 2.11. The molecule has 1 aromatic rings. The summed E-state index contributed by atoms with van der Waals surface area (Å²) in [4.78, 5) is 24.8. The second-order valence-electron chi connectivity index (χ2n) is 4.75. The lowest BCUT2D eigenvalue weighted by molar-refractivity contribution is -0.119. The predicted octanol–water partition coefficient (Wildman–Crippen LogP) is 2.34. The predicted molar refractivity (Wildman–Crippen MR) is 73.6 cm³/mol. The molecule has 4 heteroatoms. The summed E-state index contributed by atoms with van der Waals surface area (Å²) in [6.45, 7) is 2.30. The molecule has 102 valence electrons. The second kappa shape index (κ2) is 5.87. The summed E-state index contributed by atoms with van der Waals surface area (Å²) in [5.41, 5.74) is 1.86. The van der Waals surface area contributed by atoms with E-state index >= 15 is 0 Å². The number of hydrogen-bond donors (Lipinski definition) is 0. The lowest BCUT2D eigenvalue weighted by Crippen LogP contribution is -2.25. The summed E-state index contributed by atoms with van der Waals surface area (Å²) >= 11 is 0. The fourth-order valence-corrected chi connectivity index (χ4v) is 2.11. The zero-order valence-corrected chi connectivity index (χ0v) is 11.4. The number of nitrogens with zero attached hydrogens (tertiary/aromatic N) is 1. The van der Waals surface area contributed by atoms with Crippen LogP contribution in [0.4, 0.5) is 5.69 Å². The van der Waals surface area contributed by atoms with Gasteiger partial charge in [-0.1, -0.05) is 13.0 Å². The molecular weight excluding hydrogens is 242 g/mol. The molecule has 19 heavy (non-hydrogen) atoms. The Labute approximate surface area is 113 Å². The molecule has 0 spiro atoms. The van der Waals surface area contributed by atoms with Crippen LogP contribution in [-0.4, -0.2) is 25.3 Å². The van der Waals surface area contributed by atoms with Crippen molar-refractivity contribution in [1.82, 2.24) is 0 Å². The molecule has 0 radical (unpaired) electrons. The van der Waals surface area contributed by atoms with Gasteiger partial charge in [-0.15, -0.1) is 0 Å². The molecule has 0 saturated carbocycles. The number of aryl methyl sites for hydroxylation is 1. The van der Waals surface area contributed by atoms with Gasteiger partial charge in [-0.2, -0.15) is 0 Å². The standard InChI is InChI=1S/C15H19NO3/c1-3-12(17)6-4-11-5-7-14-13(10-11)16(2)15(18)8-9-19-14/h5,7,10H,3-4,6,8-9H2,1-2H3. The van der Waals surface area contributed by atoms with Crippen molar-refractivity contribution in [2.24, 2.45) is 0 Å². The van der Waals surface area contributed by atoms with E-state index in [4.69, 9.17) is 4.74 Å². The van der Waals surface area contributed by atoms with Crippen LogP contribution in [0.15, 0.2) is 18.2 Å². The van der Waals surface area contributed by atoms with Crippen LogP contribution in [0.25, 0.3) is 0 Å². The van der Waals surface area contributed by atoms with E-state index in [0.717, 1.165) is 17.0 Å². The third kappa shape index (κ3) is 3.13. The van der Waals surface area contributed by atoms with Crippen molar-refractivity contribution >= 4 is 17.4 Å². The van der Waals surface area contributed by atoms with E-state index < -0.39 is 0 Å². The molecule has 0 fully saturated rings. The maximum atomic E-state index is 11.8. The number of carbonyl (C=O) groups excluding carboxylic acids is 2. The number of benzene rings is 1. The van der Waals surface area contributed by atoms with Crippen molar-refractivity contribution in [2.45, 2.75) is 32.6 Å². The molecule has 1 amide bonds. The monoisotopic (exact) mass is 261 g/mol. The van der Waals surface area contributed by atoms with Gasteiger partial charge in [0.2, 0.25) is 5.91 Å². The number of ether oxygens (including phenoxy) is 1. The summed E-state index contributed by atoms with van der Waals surface area (Å²) in [6, 6.07) is 5.79. The Morgan fingerprint density at radius 2 is 2.21 bits per heavy atom. The number of amides is 1. The highest BCUT2D eigenvalue weighted by Crippen LogP contribution is 2.31. The van der Waals surface area contributed by atoms with E-state index in [1.165, 1.54) is 0 Å². The Balaban J connectivity index is 2.19. The van der Waals surface area contributed by atoms with Crippen LogP contribution in [-0.2, 0) is 16.0 Å². The highest BCUT2D eigenvalue weighted by molar-refractivity contribution is 5.95. The zero-order valence-electron chi connectivity index (χ0n) is 11.4. The smallest absolute Gasteiger partial charge is 0.230 e. The summed E-state index contributed by atoms with van der Waals surface area (Å²) in [6.07, 6.45) is 2.23. The van der Waals surface area contributed by atoms with Gasteiger partial charge >= 0.3 is 0 Å². The van der Waals surface area contributed by atoms with Gasteiger partial charge in [0.15, 0.2) is 0 Å². The SMILES string of the molecule is CCC(=O)CCc1ccc2c(c1)N(C)C(=O)CCO2.